The summed E-state index contributed by atoms with van der Waals surface area (Å²) in [5, 5.41) is 3.39. The van der Waals surface area contributed by atoms with Gasteiger partial charge in [-0.05, 0) is 50.1 Å². The van der Waals surface area contributed by atoms with Gasteiger partial charge in [-0.3, -0.25) is 4.79 Å². The number of carbonyl (C=O) groups is 1. The zero-order valence-corrected chi connectivity index (χ0v) is 10.2. The number of rotatable bonds is 1. The van der Waals surface area contributed by atoms with Crippen LogP contribution in [-0.2, 0) is 4.79 Å². The smallest absolute Gasteiger partial charge is 0.226 e. The van der Waals surface area contributed by atoms with E-state index in [1.165, 1.54) is 25.7 Å². The van der Waals surface area contributed by atoms with Crippen molar-refractivity contribution >= 4 is 5.91 Å². The molecule has 2 atom stereocenters. The lowest BCUT2D eigenvalue weighted by molar-refractivity contribution is -0.132. The molecule has 3 aliphatic rings. The molecule has 0 bridgehead atoms. The van der Waals surface area contributed by atoms with Gasteiger partial charge < -0.3 is 10.2 Å². The molecule has 2 heterocycles. The highest BCUT2D eigenvalue weighted by atomic mass is 16.2. The van der Waals surface area contributed by atoms with E-state index in [1.807, 2.05) is 0 Å². The predicted molar refractivity (Wildman–Crippen MR) is 63.0 cm³/mol. The monoisotopic (exact) mass is 222 g/mol. The summed E-state index contributed by atoms with van der Waals surface area (Å²) < 4.78 is 0. The minimum absolute atomic E-state index is 0.375. The Morgan fingerprint density at radius 2 is 2.12 bits per heavy atom. The second kappa shape index (κ2) is 3.73. The van der Waals surface area contributed by atoms with Crippen molar-refractivity contribution in [2.75, 3.05) is 26.2 Å². The van der Waals surface area contributed by atoms with Gasteiger partial charge in [-0.25, -0.2) is 0 Å². The first-order valence-corrected chi connectivity index (χ1v) is 6.71. The lowest BCUT2D eigenvalue weighted by atomic mass is 9.91. The topological polar surface area (TPSA) is 32.3 Å². The van der Waals surface area contributed by atoms with Gasteiger partial charge in [-0.1, -0.05) is 6.92 Å². The minimum atomic E-state index is 0.375. The van der Waals surface area contributed by atoms with Crippen molar-refractivity contribution in [3.63, 3.8) is 0 Å². The highest BCUT2D eigenvalue weighted by molar-refractivity contribution is 5.83. The van der Waals surface area contributed by atoms with E-state index in [4.69, 9.17) is 0 Å². The quantitative estimate of drug-likeness (QED) is 0.724. The summed E-state index contributed by atoms with van der Waals surface area (Å²) in [5.41, 5.74) is 0.411. The van der Waals surface area contributed by atoms with E-state index in [0.29, 0.717) is 23.2 Å². The molecule has 3 heteroatoms. The third-order valence-electron chi connectivity index (χ3n) is 4.82. The summed E-state index contributed by atoms with van der Waals surface area (Å²) in [7, 11) is 0. The average molecular weight is 222 g/mol. The van der Waals surface area contributed by atoms with Crippen LogP contribution in [0.3, 0.4) is 0 Å². The molecular formula is C13H22N2O. The molecule has 3 rings (SSSR count). The molecule has 90 valence electrons. The maximum Gasteiger partial charge on any atom is 0.226 e. The normalized spacial score (nSPS) is 36.7. The Kier molecular flexibility index (Phi) is 2.46. The van der Waals surface area contributed by atoms with Crippen LogP contribution in [0, 0.1) is 17.3 Å². The van der Waals surface area contributed by atoms with Gasteiger partial charge in [-0.2, -0.15) is 0 Å². The molecule has 1 N–H and O–H groups in total. The molecule has 16 heavy (non-hydrogen) atoms. The van der Waals surface area contributed by atoms with Crippen molar-refractivity contribution in [3.8, 4) is 0 Å². The van der Waals surface area contributed by atoms with E-state index >= 15 is 0 Å². The van der Waals surface area contributed by atoms with Crippen molar-refractivity contribution in [2.24, 2.45) is 17.3 Å². The summed E-state index contributed by atoms with van der Waals surface area (Å²) in [6.45, 7) is 6.48. The van der Waals surface area contributed by atoms with Gasteiger partial charge in [0, 0.05) is 19.0 Å². The van der Waals surface area contributed by atoms with Crippen molar-refractivity contribution in [1.82, 2.24) is 10.2 Å². The highest BCUT2D eigenvalue weighted by Gasteiger charge is 2.58. The largest absolute Gasteiger partial charge is 0.342 e. The van der Waals surface area contributed by atoms with Crippen molar-refractivity contribution < 1.29 is 4.79 Å². The number of carbonyl (C=O) groups excluding carboxylic acids is 1. The predicted octanol–water partition coefficient (Wildman–Crippen LogP) is 1.24. The van der Waals surface area contributed by atoms with Crippen molar-refractivity contribution in [1.29, 1.82) is 0 Å². The molecule has 2 unspecified atom stereocenters. The number of hydrogen-bond donors (Lipinski definition) is 1. The molecule has 1 saturated carbocycles. The van der Waals surface area contributed by atoms with Crippen LogP contribution in [0.5, 0.6) is 0 Å². The molecule has 3 fully saturated rings. The van der Waals surface area contributed by atoms with Gasteiger partial charge in [0.25, 0.3) is 0 Å². The summed E-state index contributed by atoms with van der Waals surface area (Å²) >= 11 is 0. The fourth-order valence-electron chi connectivity index (χ4n) is 3.53. The Balaban J connectivity index is 1.61. The van der Waals surface area contributed by atoms with Crippen LogP contribution < -0.4 is 5.32 Å². The lowest BCUT2D eigenvalue weighted by Gasteiger charge is -2.25. The number of nitrogens with one attached hydrogen (secondary N) is 1. The van der Waals surface area contributed by atoms with Crippen molar-refractivity contribution in [2.45, 2.75) is 32.6 Å². The number of piperidine rings is 1. The van der Waals surface area contributed by atoms with Gasteiger partial charge in [0.1, 0.15) is 0 Å². The zero-order chi connectivity index (χ0) is 11.2. The van der Waals surface area contributed by atoms with E-state index in [9.17, 15) is 4.79 Å². The first-order chi connectivity index (χ1) is 7.71. The van der Waals surface area contributed by atoms with E-state index in [0.717, 1.165) is 26.2 Å². The van der Waals surface area contributed by atoms with Gasteiger partial charge in [-0.15, -0.1) is 0 Å². The first kappa shape index (κ1) is 10.6. The average Bonchev–Trinajstić information content (AvgIpc) is 2.79. The van der Waals surface area contributed by atoms with Gasteiger partial charge in [0.2, 0.25) is 5.91 Å². The van der Waals surface area contributed by atoms with Crippen LogP contribution in [0.1, 0.15) is 32.6 Å². The van der Waals surface area contributed by atoms with Gasteiger partial charge in [0.05, 0.1) is 0 Å². The molecule has 3 nitrogen and oxygen atoms in total. The maximum absolute atomic E-state index is 12.3. The summed E-state index contributed by atoms with van der Waals surface area (Å²) in [5.74, 6) is 1.55. The minimum Gasteiger partial charge on any atom is -0.342 e. The van der Waals surface area contributed by atoms with E-state index in [-0.39, 0.29) is 0 Å². The van der Waals surface area contributed by atoms with Crippen LogP contribution in [-0.4, -0.2) is 37.0 Å². The Labute approximate surface area is 97.6 Å². The second-order valence-corrected chi connectivity index (χ2v) is 6.05. The molecule has 1 aliphatic carbocycles. The maximum atomic E-state index is 12.3. The lowest BCUT2D eigenvalue weighted by Crippen LogP contribution is -2.35. The Bertz CT molecular complexity index is 296. The Morgan fingerprint density at radius 3 is 2.75 bits per heavy atom. The molecule has 0 radical (unpaired) electrons. The van der Waals surface area contributed by atoms with E-state index in [2.05, 4.69) is 17.1 Å². The summed E-state index contributed by atoms with van der Waals surface area (Å²) in [4.78, 5) is 14.4. The molecule has 0 aromatic rings. The van der Waals surface area contributed by atoms with E-state index in [1.54, 1.807) is 0 Å². The second-order valence-electron chi connectivity index (χ2n) is 6.05. The summed E-state index contributed by atoms with van der Waals surface area (Å²) in [6, 6.07) is 0. The van der Waals surface area contributed by atoms with Crippen LogP contribution in [0.15, 0.2) is 0 Å². The molecular weight excluding hydrogens is 200 g/mol. The molecule has 0 aromatic carbocycles. The highest BCUT2D eigenvalue weighted by Crippen LogP contribution is 2.59. The van der Waals surface area contributed by atoms with Gasteiger partial charge in [0.15, 0.2) is 0 Å². The van der Waals surface area contributed by atoms with Crippen LogP contribution in [0.4, 0.5) is 0 Å². The van der Waals surface area contributed by atoms with Crippen LogP contribution >= 0.6 is 0 Å². The molecule has 1 amide bonds. The molecule has 1 spiro atoms. The Morgan fingerprint density at radius 1 is 1.38 bits per heavy atom. The number of nitrogens with zero attached hydrogens (tertiary/aromatic N) is 1. The summed E-state index contributed by atoms with van der Waals surface area (Å²) in [6.07, 6.45) is 4.80. The zero-order valence-electron chi connectivity index (χ0n) is 10.2. The van der Waals surface area contributed by atoms with Crippen LogP contribution in [0.2, 0.25) is 0 Å². The molecule has 2 saturated heterocycles. The van der Waals surface area contributed by atoms with Gasteiger partial charge >= 0.3 is 0 Å². The fraction of sp³-hybridized carbons (Fsp3) is 0.923. The Hall–Kier alpha value is -0.570. The number of amides is 1. The SMILES string of the molecule is CC1CCN(C(=O)C2CC23CCNCC3)C1. The van der Waals surface area contributed by atoms with Crippen molar-refractivity contribution in [3.05, 3.63) is 0 Å². The number of likely N-dealkylation sites (tertiary alicyclic amines) is 1. The third kappa shape index (κ3) is 1.65. The molecule has 0 aromatic heterocycles. The fourth-order valence-corrected chi connectivity index (χ4v) is 3.53. The number of hydrogen-bond acceptors (Lipinski definition) is 2. The third-order valence-corrected chi connectivity index (χ3v) is 4.82. The standard InChI is InChI=1S/C13H22N2O/c1-10-2-7-15(9-10)12(16)11-8-13(11)3-5-14-6-4-13/h10-11,14H,2-9H2,1H3. The molecule has 2 aliphatic heterocycles. The van der Waals surface area contributed by atoms with Crippen LogP contribution in [0.25, 0.3) is 0 Å². The first-order valence-electron chi connectivity index (χ1n) is 6.71. The van der Waals surface area contributed by atoms with E-state index < -0.39 is 0 Å².